The average molecular weight is 349 g/mol. The van der Waals surface area contributed by atoms with Crippen molar-refractivity contribution in [1.82, 2.24) is 9.88 Å². The lowest BCUT2D eigenvalue weighted by atomic mass is 10.1. The fraction of sp³-hybridized carbons (Fsp3) is 0.200. The zero-order chi connectivity index (χ0) is 15.4. The molecule has 5 nitrogen and oxygen atoms in total. The minimum Gasteiger partial charge on any atom is -0.337 e. The molecule has 0 spiro atoms. The molecule has 0 saturated heterocycles. The summed E-state index contributed by atoms with van der Waals surface area (Å²) in [6, 6.07) is 9.60. The zero-order valence-corrected chi connectivity index (χ0v) is 13.5. The van der Waals surface area contributed by atoms with Gasteiger partial charge < -0.3 is 10.3 Å². The third-order valence-corrected chi connectivity index (χ3v) is 3.58. The van der Waals surface area contributed by atoms with Crippen LogP contribution in [-0.4, -0.2) is 22.8 Å². The standard InChI is InChI=1S/C15H17BrN4O/c1-10-6-14(19-17)13(8-18-10)15(21)20(2)9-11-4-3-5-12(16)7-11/h3-8H,9,17H2,1-2H3,(H,18,19). The first-order valence-corrected chi connectivity index (χ1v) is 7.23. The van der Waals surface area contributed by atoms with Crippen molar-refractivity contribution in [2.45, 2.75) is 13.5 Å². The van der Waals surface area contributed by atoms with Gasteiger partial charge in [-0.3, -0.25) is 15.6 Å². The largest absolute Gasteiger partial charge is 0.337 e. The van der Waals surface area contributed by atoms with E-state index in [0.29, 0.717) is 17.8 Å². The molecule has 3 N–H and O–H groups in total. The molecule has 0 atom stereocenters. The second kappa shape index (κ2) is 6.69. The van der Waals surface area contributed by atoms with Crippen molar-refractivity contribution < 1.29 is 4.79 Å². The third-order valence-electron chi connectivity index (χ3n) is 3.08. The molecule has 6 heteroatoms. The molecule has 0 aliphatic rings. The molecule has 0 fully saturated rings. The van der Waals surface area contributed by atoms with Crippen LogP contribution >= 0.6 is 15.9 Å². The highest BCUT2D eigenvalue weighted by Crippen LogP contribution is 2.18. The van der Waals surface area contributed by atoms with Crippen LogP contribution in [0.4, 0.5) is 5.69 Å². The van der Waals surface area contributed by atoms with Crippen LogP contribution in [0, 0.1) is 6.92 Å². The molecular weight excluding hydrogens is 332 g/mol. The van der Waals surface area contributed by atoms with E-state index in [4.69, 9.17) is 5.84 Å². The minimum atomic E-state index is -0.129. The molecule has 1 amide bonds. The van der Waals surface area contributed by atoms with Crippen molar-refractivity contribution in [3.05, 3.63) is 57.8 Å². The lowest BCUT2D eigenvalue weighted by Crippen LogP contribution is -2.28. The predicted molar refractivity (Wildman–Crippen MR) is 86.7 cm³/mol. The average Bonchev–Trinajstić information content (AvgIpc) is 2.46. The van der Waals surface area contributed by atoms with E-state index >= 15 is 0 Å². The molecule has 0 radical (unpaired) electrons. The quantitative estimate of drug-likeness (QED) is 0.658. The van der Waals surface area contributed by atoms with Gasteiger partial charge >= 0.3 is 0 Å². The van der Waals surface area contributed by atoms with Crippen molar-refractivity contribution >= 4 is 27.5 Å². The zero-order valence-electron chi connectivity index (χ0n) is 11.9. The van der Waals surface area contributed by atoms with E-state index in [-0.39, 0.29) is 5.91 Å². The summed E-state index contributed by atoms with van der Waals surface area (Å²) >= 11 is 3.42. The van der Waals surface area contributed by atoms with Crippen LogP contribution in [0.1, 0.15) is 21.6 Å². The number of amides is 1. The van der Waals surface area contributed by atoms with E-state index in [1.807, 2.05) is 31.2 Å². The fourth-order valence-electron chi connectivity index (χ4n) is 2.04. The lowest BCUT2D eigenvalue weighted by molar-refractivity contribution is 0.0785. The summed E-state index contributed by atoms with van der Waals surface area (Å²) in [6.45, 7) is 2.36. The van der Waals surface area contributed by atoms with Gasteiger partial charge in [0.1, 0.15) is 0 Å². The number of hydrogen-bond acceptors (Lipinski definition) is 4. The van der Waals surface area contributed by atoms with Crippen LogP contribution in [0.2, 0.25) is 0 Å². The molecule has 1 aromatic heterocycles. The maximum absolute atomic E-state index is 12.5. The Morgan fingerprint density at radius 1 is 1.43 bits per heavy atom. The number of rotatable bonds is 4. The van der Waals surface area contributed by atoms with Crippen LogP contribution in [0.3, 0.4) is 0 Å². The summed E-state index contributed by atoms with van der Waals surface area (Å²) < 4.78 is 0.988. The Bertz CT molecular complexity index is 660. The normalized spacial score (nSPS) is 10.3. The van der Waals surface area contributed by atoms with Gasteiger partial charge in [-0.25, -0.2) is 0 Å². The van der Waals surface area contributed by atoms with Gasteiger partial charge in [-0.1, -0.05) is 28.1 Å². The SMILES string of the molecule is Cc1cc(NN)c(C(=O)N(C)Cc2cccc(Br)c2)cn1. The molecule has 2 aromatic rings. The maximum Gasteiger partial charge on any atom is 0.257 e. The molecule has 1 heterocycles. The van der Waals surface area contributed by atoms with Gasteiger partial charge in [0.05, 0.1) is 11.3 Å². The van der Waals surface area contributed by atoms with Crippen LogP contribution in [0.15, 0.2) is 41.0 Å². The Kier molecular flexibility index (Phi) is 4.93. The summed E-state index contributed by atoms with van der Waals surface area (Å²) in [5.41, 5.74) is 5.43. The molecule has 0 bridgehead atoms. The van der Waals surface area contributed by atoms with Gasteiger partial charge in [-0.2, -0.15) is 0 Å². The van der Waals surface area contributed by atoms with E-state index in [9.17, 15) is 4.79 Å². The Morgan fingerprint density at radius 3 is 2.86 bits per heavy atom. The summed E-state index contributed by atoms with van der Waals surface area (Å²) in [5.74, 6) is 5.35. The number of carbonyl (C=O) groups excluding carboxylic acids is 1. The number of anilines is 1. The monoisotopic (exact) mass is 348 g/mol. The second-order valence-corrected chi connectivity index (χ2v) is 5.72. The number of hydrazine groups is 1. The highest BCUT2D eigenvalue weighted by molar-refractivity contribution is 9.10. The van der Waals surface area contributed by atoms with Gasteiger partial charge in [0.2, 0.25) is 0 Å². The number of nitrogen functional groups attached to an aromatic ring is 1. The van der Waals surface area contributed by atoms with Crippen LogP contribution in [0.25, 0.3) is 0 Å². The van der Waals surface area contributed by atoms with E-state index in [2.05, 4.69) is 26.3 Å². The van der Waals surface area contributed by atoms with E-state index in [1.165, 1.54) is 0 Å². The number of nitrogens with zero attached hydrogens (tertiary/aromatic N) is 2. The summed E-state index contributed by atoms with van der Waals surface area (Å²) in [6.07, 6.45) is 1.55. The number of nitrogens with two attached hydrogens (primary N) is 1. The van der Waals surface area contributed by atoms with Gasteiger partial charge in [0, 0.05) is 30.0 Å². The van der Waals surface area contributed by atoms with Crippen molar-refractivity contribution in [3.63, 3.8) is 0 Å². The number of pyridine rings is 1. The first-order chi connectivity index (χ1) is 10.0. The molecule has 0 aliphatic carbocycles. The smallest absolute Gasteiger partial charge is 0.257 e. The molecule has 0 unspecified atom stereocenters. The third kappa shape index (κ3) is 3.80. The van der Waals surface area contributed by atoms with Crippen molar-refractivity contribution in [2.75, 3.05) is 12.5 Å². The van der Waals surface area contributed by atoms with Gasteiger partial charge in [0.15, 0.2) is 0 Å². The fourth-order valence-corrected chi connectivity index (χ4v) is 2.48. The number of halogens is 1. The highest BCUT2D eigenvalue weighted by atomic mass is 79.9. The topological polar surface area (TPSA) is 71.2 Å². The van der Waals surface area contributed by atoms with Crippen molar-refractivity contribution in [2.24, 2.45) is 5.84 Å². The minimum absolute atomic E-state index is 0.129. The van der Waals surface area contributed by atoms with E-state index < -0.39 is 0 Å². The van der Waals surface area contributed by atoms with Crippen LogP contribution in [0.5, 0.6) is 0 Å². The number of benzene rings is 1. The van der Waals surface area contributed by atoms with Crippen LogP contribution < -0.4 is 11.3 Å². The summed E-state index contributed by atoms with van der Waals surface area (Å²) in [4.78, 5) is 18.3. The molecule has 1 aromatic carbocycles. The Labute approximate surface area is 132 Å². The van der Waals surface area contributed by atoms with E-state index in [1.54, 1.807) is 24.2 Å². The molecule has 21 heavy (non-hydrogen) atoms. The molecule has 0 aliphatic heterocycles. The Balaban J connectivity index is 2.19. The molecule has 2 rings (SSSR count). The Hall–Kier alpha value is -1.92. The van der Waals surface area contributed by atoms with Crippen molar-refractivity contribution in [1.29, 1.82) is 0 Å². The molecule has 0 saturated carbocycles. The van der Waals surface area contributed by atoms with Gasteiger partial charge in [-0.05, 0) is 30.7 Å². The van der Waals surface area contributed by atoms with Crippen LogP contribution in [-0.2, 0) is 6.54 Å². The predicted octanol–water partition coefficient (Wildman–Crippen LogP) is 2.71. The number of aromatic nitrogens is 1. The highest BCUT2D eigenvalue weighted by Gasteiger charge is 2.16. The van der Waals surface area contributed by atoms with Gasteiger partial charge in [0.25, 0.3) is 5.91 Å². The lowest BCUT2D eigenvalue weighted by Gasteiger charge is -2.19. The molecule has 110 valence electrons. The Morgan fingerprint density at radius 2 is 2.19 bits per heavy atom. The second-order valence-electron chi connectivity index (χ2n) is 4.81. The summed E-state index contributed by atoms with van der Waals surface area (Å²) in [7, 11) is 1.75. The number of nitrogens with one attached hydrogen (secondary N) is 1. The van der Waals surface area contributed by atoms with E-state index in [0.717, 1.165) is 15.7 Å². The first kappa shape index (κ1) is 15.5. The van der Waals surface area contributed by atoms with Gasteiger partial charge in [-0.15, -0.1) is 0 Å². The number of carbonyl (C=O) groups is 1. The summed E-state index contributed by atoms with van der Waals surface area (Å²) in [5, 5.41) is 0. The number of hydrogen-bond donors (Lipinski definition) is 2. The number of aryl methyl sites for hydroxylation is 1. The van der Waals surface area contributed by atoms with Crippen molar-refractivity contribution in [3.8, 4) is 0 Å². The first-order valence-electron chi connectivity index (χ1n) is 6.44. The molecular formula is C15H17BrN4O. The maximum atomic E-state index is 12.5.